The molecule has 0 saturated heterocycles. The van der Waals surface area contributed by atoms with E-state index < -0.39 is 0 Å². The number of halogens is 1. The Morgan fingerprint density at radius 2 is 2.00 bits per heavy atom. The van der Waals surface area contributed by atoms with Gasteiger partial charge in [-0.2, -0.15) is 0 Å². The minimum absolute atomic E-state index is 1.09. The molecule has 56 valence electrons. The van der Waals surface area contributed by atoms with Crippen molar-refractivity contribution in [3.8, 4) is 0 Å². The van der Waals surface area contributed by atoms with Crippen LogP contribution in [0.25, 0.3) is 0 Å². The molecule has 0 N–H and O–H groups in total. The molecule has 0 aliphatic carbocycles. The minimum Gasteiger partial charge on any atom is -0.0638 e. The second-order valence-corrected chi connectivity index (χ2v) is 3.15. The molecule has 0 bridgehead atoms. The average Bonchev–Trinajstić information content (AvgIpc) is 2.48. The molecule has 0 atom stereocenters. The summed E-state index contributed by atoms with van der Waals surface area (Å²) in [5.74, 6) is 0. The van der Waals surface area contributed by atoms with E-state index in [9.17, 15) is 0 Å². The topological polar surface area (TPSA) is 0 Å². The standard InChI is InChI=1S/C9H14Cl/c1-3-5-7-8(6-4-2)9(7)10/h3-6H2,1-2H3/q+1. The molecular weight excluding hydrogens is 144 g/mol. The molecule has 0 heterocycles. The van der Waals surface area contributed by atoms with Crippen LogP contribution in [0.2, 0.25) is 5.02 Å². The van der Waals surface area contributed by atoms with Crippen molar-refractivity contribution >= 4 is 11.6 Å². The molecule has 0 nitrogen and oxygen atoms in total. The minimum atomic E-state index is 1.09. The highest BCUT2D eigenvalue weighted by Gasteiger charge is 2.36. The Balaban J connectivity index is 2.36. The first-order chi connectivity index (χ1) is 4.81. The zero-order chi connectivity index (χ0) is 7.56. The van der Waals surface area contributed by atoms with Crippen LogP contribution >= 0.6 is 11.6 Å². The molecule has 1 heteroatoms. The fourth-order valence-electron chi connectivity index (χ4n) is 1.26. The summed E-state index contributed by atoms with van der Waals surface area (Å²) < 4.78 is 0. The largest absolute Gasteiger partial charge is 0.260 e. The Hall–Kier alpha value is -0.100. The highest BCUT2D eigenvalue weighted by molar-refractivity contribution is 6.35. The van der Waals surface area contributed by atoms with Crippen LogP contribution < -0.4 is 0 Å². The van der Waals surface area contributed by atoms with E-state index >= 15 is 0 Å². The van der Waals surface area contributed by atoms with Gasteiger partial charge in [0.25, 0.3) is 5.02 Å². The van der Waals surface area contributed by atoms with Gasteiger partial charge in [-0.15, -0.1) is 0 Å². The van der Waals surface area contributed by atoms with E-state index in [0.717, 1.165) is 5.02 Å². The second kappa shape index (κ2) is 3.34. The Morgan fingerprint density at radius 3 is 2.50 bits per heavy atom. The third-order valence-corrected chi connectivity index (χ3v) is 2.29. The van der Waals surface area contributed by atoms with Gasteiger partial charge in [-0.1, -0.05) is 13.8 Å². The quantitative estimate of drug-likeness (QED) is 0.588. The Kier molecular flexibility index (Phi) is 2.67. The summed E-state index contributed by atoms with van der Waals surface area (Å²) in [6, 6.07) is 0. The van der Waals surface area contributed by atoms with Gasteiger partial charge in [0.1, 0.15) is 0 Å². The molecule has 0 aliphatic rings. The lowest BCUT2D eigenvalue weighted by molar-refractivity contribution is 0.904. The van der Waals surface area contributed by atoms with Crippen LogP contribution in [0, 0.1) is 0 Å². The van der Waals surface area contributed by atoms with Crippen molar-refractivity contribution in [3.63, 3.8) is 0 Å². The summed E-state index contributed by atoms with van der Waals surface area (Å²) in [6.07, 6.45) is 4.82. The SMILES string of the molecule is CCCc1c(Cl)[c+]1CCC. The lowest BCUT2D eigenvalue weighted by Gasteiger charge is -1.75. The maximum absolute atomic E-state index is 5.92. The van der Waals surface area contributed by atoms with E-state index in [-0.39, 0.29) is 0 Å². The van der Waals surface area contributed by atoms with Crippen molar-refractivity contribution in [2.24, 2.45) is 0 Å². The molecule has 0 saturated carbocycles. The van der Waals surface area contributed by atoms with E-state index in [4.69, 9.17) is 11.6 Å². The Labute approximate surface area is 67.9 Å². The third-order valence-electron chi connectivity index (χ3n) is 1.83. The van der Waals surface area contributed by atoms with Gasteiger partial charge in [0, 0.05) is 24.4 Å². The summed E-state index contributed by atoms with van der Waals surface area (Å²) in [5.41, 5.74) is 2.90. The molecule has 0 spiro atoms. The first kappa shape index (κ1) is 8.00. The van der Waals surface area contributed by atoms with Crippen molar-refractivity contribution < 1.29 is 0 Å². The van der Waals surface area contributed by atoms with E-state index in [0.29, 0.717) is 0 Å². The molecule has 1 aromatic rings. The van der Waals surface area contributed by atoms with Crippen molar-refractivity contribution in [1.82, 2.24) is 0 Å². The lowest BCUT2D eigenvalue weighted by Crippen LogP contribution is -1.74. The highest BCUT2D eigenvalue weighted by atomic mass is 35.5. The maximum atomic E-state index is 5.92. The Bertz CT molecular complexity index is 158. The van der Waals surface area contributed by atoms with Crippen LogP contribution in [-0.4, -0.2) is 0 Å². The van der Waals surface area contributed by atoms with E-state index in [2.05, 4.69) is 13.8 Å². The van der Waals surface area contributed by atoms with E-state index in [1.165, 1.54) is 36.8 Å². The molecule has 1 aromatic carbocycles. The van der Waals surface area contributed by atoms with E-state index in [1.54, 1.807) is 0 Å². The van der Waals surface area contributed by atoms with Gasteiger partial charge in [-0.05, 0) is 12.8 Å². The monoisotopic (exact) mass is 157 g/mol. The summed E-state index contributed by atoms with van der Waals surface area (Å²) in [7, 11) is 0. The number of hydrogen-bond donors (Lipinski definition) is 0. The number of hydrogen-bond acceptors (Lipinski definition) is 0. The summed E-state index contributed by atoms with van der Waals surface area (Å²) in [4.78, 5) is 0. The Morgan fingerprint density at radius 1 is 1.30 bits per heavy atom. The lowest BCUT2D eigenvalue weighted by atomic mass is 10.2. The van der Waals surface area contributed by atoms with Crippen LogP contribution in [0.1, 0.15) is 37.8 Å². The smallest absolute Gasteiger partial charge is 0.0638 e. The first-order valence-corrected chi connectivity index (χ1v) is 4.44. The van der Waals surface area contributed by atoms with Crippen LogP contribution in [0.4, 0.5) is 0 Å². The maximum Gasteiger partial charge on any atom is 0.260 e. The van der Waals surface area contributed by atoms with Crippen LogP contribution in [-0.2, 0) is 12.8 Å². The van der Waals surface area contributed by atoms with Crippen molar-refractivity contribution in [2.45, 2.75) is 39.5 Å². The van der Waals surface area contributed by atoms with Crippen LogP contribution in [0.5, 0.6) is 0 Å². The molecule has 10 heavy (non-hydrogen) atoms. The molecule has 0 aliphatic heterocycles. The molecule has 0 amide bonds. The number of rotatable bonds is 4. The fourth-order valence-corrected chi connectivity index (χ4v) is 1.63. The fraction of sp³-hybridized carbons (Fsp3) is 0.667. The van der Waals surface area contributed by atoms with Gasteiger partial charge in [0.05, 0.1) is 0 Å². The third kappa shape index (κ3) is 1.49. The summed E-state index contributed by atoms with van der Waals surface area (Å²) >= 11 is 5.92. The predicted molar refractivity (Wildman–Crippen MR) is 46.2 cm³/mol. The molecular formula is C9H14Cl+. The predicted octanol–water partition coefficient (Wildman–Crippen LogP) is 3.40. The molecule has 0 aromatic heterocycles. The van der Waals surface area contributed by atoms with Gasteiger partial charge >= 0.3 is 0 Å². The second-order valence-electron chi connectivity index (χ2n) is 2.77. The molecule has 1 rings (SSSR count). The highest BCUT2D eigenvalue weighted by Crippen LogP contribution is 2.37. The van der Waals surface area contributed by atoms with Gasteiger partial charge in [0.2, 0.25) is 0 Å². The van der Waals surface area contributed by atoms with Crippen LogP contribution in [0.3, 0.4) is 0 Å². The van der Waals surface area contributed by atoms with Crippen molar-refractivity contribution in [1.29, 1.82) is 0 Å². The normalized spacial score (nSPS) is 11.1. The molecule has 0 radical (unpaired) electrons. The molecule has 0 fully saturated rings. The zero-order valence-electron chi connectivity index (χ0n) is 6.71. The average molecular weight is 158 g/mol. The summed E-state index contributed by atoms with van der Waals surface area (Å²) in [5, 5.41) is 1.09. The van der Waals surface area contributed by atoms with Crippen molar-refractivity contribution in [2.75, 3.05) is 0 Å². The van der Waals surface area contributed by atoms with Crippen LogP contribution in [0.15, 0.2) is 0 Å². The zero-order valence-corrected chi connectivity index (χ0v) is 7.46. The van der Waals surface area contributed by atoms with Gasteiger partial charge in [0.15, 0.2) is 11.1 Å². The summed E-state index contributed by atoms with van der Waals surface area (Å²) in [6.45, 7) is 4.39. The van der Waals surface area contributed by atoms with Gasteiger partial charge in [-0.25, -0.2) is 0 Å². The van der Waals surface area contributed by atoms with Gasteiger partial charge < -0.3 is 0 Å². The van der Waals surface area contributed by atoms with Crippen molar-refractivity contribution in [3.05, 3.63) is 16.1 Å². The van der Waals surface area contributed by atoms with Gasteiger partial charge in [-0.3, -0.25) is 0 Å². The first-order valence-electron chi connectivity index (χ1n) is 4.06. The van der Waals surface area contributed by atoms with E-state index in [1.807, 2.05) is 0 Å². The molecule has 0 unspecified atom stereocenters.